The van der Waals surface area contributed by atoms with Gasteiger partial charge in [0.2, 0.25) is 0 Å². The Balaban J connectivity index is 5.27. The van der Waals surface area contributed by atoms with Crippen molar-refractivity contribution in [2.45, 2.75) is 432 Å². The number of ether oxygens (including phenoxy) is 4. The second-order valence-electron chi connectivity index (χ2n) is 29.9. The van der Waals surface area contributed by atoms with Crippen LogP contribution >= 0.6 is 15.6 Å². The molecule has 0 aliphatic rings. The lowest BCUT2D eigenvalue weighted by Gasteiger charge is -2.21. The zero-order valence-corrected chi connectivity index (χ0v) is 68.2. The Hall–Kier alpha value is -2.46. The minimum absolute atomic E-state index is 0.0843. The number of unbranched alkanes of at least 4 members (excludes halogenated alkanes) is 46. The van der Waals surface area contributed by atoms with Crippen LogP contribution in [-0.4, -0.2) is 96.7 Å². The fraction of sp³-hybridized carbons (Fsp3) is 0.904. The Bertz CT molecular complexity index is 2060. The van der Waals surface area contributed by atoms with Gasteiger partial charge in [-0.15, -0.1) is 0 Å². The maximum atomic E-state index is 13.1. The molecule has 3 N–H and O–H groups in total. The van der Waals surface area contributed by atoms with Crippen LogP contribution in [0.4, 0.5) is 0 Å². The summed E-state index contributed by atoms with van der Waals surface area (Å²) in [6.07, 6.45) is 67.5. The van der Waals surface area contributed by atoms with Crippen LogP contribution < -0.4 is 0 Å². The number of aliphatic hydroxyl groups excluding tert-OH is 1. The summed E-state index contributed by atoms with van der Waals surface area (Å²) in [6.45, 7) is 9.56. The predicted molar refractivity (Wildman–Crippen MR) is 418 cm³/mol. The molecule has 102 heavy (non-hydrogen) atoms. The summed E-state index contributed by atoms with van der Waals surface area (Å²) in [5.74, 6) is -0.606. The van der Waals surface area contributed by atoms with E-state index in [0.717, 1.165) is 121 Å². The summed E-state index contributed by atoms with van der Waals surface area (Å²) >= 11 is 0. The topological polar surface area (TPSA) is 237 Å². The highest BCUT2D eigenvalue weighted by atomic mass is 31.2. The molecular weight excluding hydrogens is 1330 g/mol. The molecule has 0 fully saturated rings. The van der Waals surface area contributed by atoms with E-state index in [1.54, 1.807) is 0 Å². The summed E-state index contributed by atoms with van der Waals surface area (Å²) in [5, 5.41) is 10.6. The minimum atomic E-state index is -4.97. The number of phosphoric ester groups is 2. The first-order valence-corrected chi connectivity index (χ1v) is 45.3. The van der Waals surface area contributed by atoms with Gasteiger partial charge in [0.05, 0.1) is 26.4 Å². The third-order valence-corrected chi connectivity index (χ3v) is 21.1. The average Bonchev–Trinajstić information content (AvgIpc) is 0.920. The molecule has 0 aromatic carbocycles. The molecule has 3 unspecified atom stereocenters. The molecule has 0 aliphatic carbocycles. The number of carbonyl (C=O) groups is 4. The van der Waals surface area contributed by atoms with Crippen LogP contribution in [0.3, 0.4) is 0 Å². The number of hydrogen-bond acceptors (Lipinski definition) is 15. The molecule has 602 valence electrons. The Morgan fingerprint density at radius 3 is 0.882 bits per heavy atom. The van der Waals surface area contributed by atoms with Crippen molar-refractivity contribution < 1.29 is 80.2 Å². The smallest absolute Gasteiger partial charge is 0.462 e. The van der Waals surface area contributed by atoms with E-state index in [4.69, 9.17) is 37.0 Å². The van der Waals surface area contributed by atoms with Crippen LogP contribution in [0.1, 0.15) is 414 Å². The van der Waals surface area contributed by atoms with Crippen molar-refractivity contribution >= 4 is 39.5 Å². The third kappa shape index (κ3) is 74.4. The Morgan fingerprint density at radius 1 is 0.324 bits per heavy atom. The molecule has 0 spiro atoms. The van der Waals surface area contributed by atoms with Crippen molar-refractivity contribution in [3.05, 3.63) is 24.3 Å². The summed E-state index contributed by atoms with van der Waals surface area (Å²) in [4.78, 5) is 73.1. The first kappa shape index (κ1) is 99.5. The molecule has 0 aromatic heterocycles. The summed E-state index contributed by atoms with van der Waals surface area (Å²) in [7, 11) is -9.94. The van der Waals surface area contributed by atoms with Gasteiger partial charge in [-0.3, -0.25) is 37.3 Å². The number of carbonyl (C=O) groups excluding carboxylic acids is 4. The molecule has 19 heteroatoms. The first-order chi connectivity index (χ1) is 49.4. The number of esters is 4. The van der Waals surface area contributed by atoms with Crippen LogP contribution in [0.25, 0.3) is 0 Å². The van der Waals surface area contributed by atoms with Gasteiger partial charge >= 0.3 is 39.5 Å². The fourth-order valence-corrected chi connectivity index (χ4v) is 13.9. The van der Waals surface area contributed by atoms with Crippen molar-refractivity contribution in [1.82, 2.24) is 0 Å². The Morgan fingerprint density at radius 2 is 0.578 bits per heavy atom. The van der Waals surface area contributed by atoms with Gasteiger partial charge in [-0.25, -0.2) is 9.13 Å². The molecule has 6 atom stereocenters. The van der Waals surface area contributed by atoms with Crippen molar-refractivity contribution in [2.24, 2.45) is 11.8 Å². The number of phosphoric acid groups is 2. The predicted octanol–water partition coefficient (Wildman–Crippen LogP) is 24.6. The van der Waals surface area contributed by atoms with E-state index in [0.29, 0.717) is 25.7 Å². The van der Waals surface area contributed by atoms with Crippen LogP contribution in [0, 0.1) is 11.8 Å². The van der Waals surface area contributed by atoms with Crippen LogP contribution in [0.2, 0.25) is 0 Å². The summed E-state index contributed by atoms with van der Waals surface area (Å²) in [6, 6.07) is 0. The molecular formula is C83H158O17P2. The van der Waals surface area contributed by atoms with E-state index >= 15 is 0 Å². The standard InChI is InChI=1S/C83H158O17P2/c1-7-10-12-14-16-18-20-22-24-25-26-27-31-36-40-44-48-56-62-67-82(87)99-78(71-93-80(85)65-59-53-46-42-38-34-32-28-30-33-37-41-45-51-57-63-75(4)5)73-97-101(89,90)95-69-77(84)70-96-102(91,92)98-74-79(72-94-81(86)66-60-54-50-49-52-58-64-76(6)9-3)100-83(88)68-61-55-47-43-39-35-29-23-21-19-17-15-13-11-8-2/h19,21,23,29,75-79,84H,7-18,20,22,24-28,30-74H2,1-6H3,(H,89,90)(H,91,92)/b21-19-,29-23-/t76?,77-,78-,79-/m1/s1. The fourth-order valence-electron chi connectivity index (χ4n) is 12.3. The van der Waals surface area contributed by atoms with Crippen LogP contribution in [0.5, 0.6) is 0 Å². The molecule has 0 rings (SSSR count). The van der Waals surface area contributed by atoms with Gasteiger partial charge < -0.3 is 33.8 Å². The monoisotopic (exact) mass is 1490 g/mol. The summed E-state index contributed by atoms with van der Waals surface area (Å²) < 4.78 is 68.7. The maximum absolute atomic E-state index is 13.1. The van der Waals surface area contributed by atoms with E-state index in [1.807, 2.05) is 0 Å². The van der Waals surface area contributed by atoms with Gasteiger partial charge in [-0.1, -0.05) is 361 Å². The third-order valence-electron chi connectivity index (χ3n) is 19.2. The van der Waals surface area contributed by atoms with Crippen molar-refractivity contribution in [3.63, 3.8) is 0 Å². The normalized spacial score (nSPS) is 14.3. The number of hydrogen-bond donors (Lipinski definition) is 3. The van der Waals surface area contributed by atoms with Crippen molar-refractivity contribution in [2.75, 3.05) is 39.6 Å². The van der Waals surface area contributed by atoms with Gasteiger partial charge in [-0.05, 0) is 63.2 Å². The van der Waals surface area contributed by atoms with E-state index in [9.17, 15) is 43.2 Å². The summed E-state index contributed by atoms with van der Waals surface area (Å²) in [5.41, 5.74) is 0. The Labute approximate surface area is 624 Å². The number of aliphatic hydroxyl groups is 1. The van der Waals surface area contributed by atoms with Gasteiger partial charge in [0.15, 0.2) is 12.2 Å². The van der Waals surface area contributed by atoms with E-state index in [1.165, 1.54) is 212 Å². The molecule has 0 radical (unpaired) electrons. The molecule has 0 saturated carbocycles. The zero-order valence-electron chi connectivity index (χ0n) is 66.4. The molecule has 0 aromatic rings. The molecule has 17 nitrogen and oxygen atoms in total. The largest absolute Gasteiger partial charge is 0.472 e. The lowest BCUT2D eigenvalue weighted by atomic mass is 10.00. The Kier molecular flexibility index (Phi) is 72.2. The maximum Gasteiger partial charge on any atom is 0.472 e. The van der Waals surface area contributed by atoms with Gasteiger partial charge in [0.25, 0.3) is 0 Å². The highest BCUT2D eigenvalue weighted by molar-refractivity contribution is 7.47. The highest BCUT2D eigenvalue weighted by Crippen LogP contribution is 2.45. The minimum Gasteiger partial charge on any atom is -0.462 e. The van der Waals surface area contributed by atoms with E-state index in [2.05, 4.69) is 65.8 Å². The number of rotatable bonds is 80. The quantitative estimate of drug-likeness (QED) is 0.0169. The number of allylic oxidation sites excluding steroid dienone is 4. The molecule has 0 saturated heterocycles. The highest BCUT2D eigenvalue weighted by Gasteiger charge is 2.30. The van der Waals surface area contributed by atoms with Gasteiger partial charge in [0, 0.05) is 25.7 Å². The van der Waals surface area contributed by atoms with Crippen molar-refractivity contribution in [3.8, 4) is 0 Å². The van der Waals surface area contributed by atoms with Gasteiger partial charge in [0.1, 0.15) is 19.3 Å². The van der Waals surface area contributed by atoms with Gasteiger partial charge in [-0.2, -0.15) is 0 Å². The van der Waals surface area contributed by atoms with Crippen molar-refractivity contribution in [1.29, 1.82) is 0 Å². The second-order valence-corrected chi connectivity index (χ2v) is 32.8. The average molecular weight is 1490 g/mol. The van der Waals surface area contributed by atoms with Crippen LogP contribution in [0.15, 0.2) is 24.3 Å². The molecule has 0 bridgehead atoms. The lowest BCUT2D eigenvalue weighted by molar-refractivity contribution is -0.161. The molecule has 0 aliphatic heterocycles. The van der Waals surface area contributed by atoms with Crippen LogP contribution in [-0.2, 0) is 65.4 Å². The molecule has 0 amide bonds. The van der Waals surface area contributed by atoms with E-state index < -0.39 is 97.5 Å². The molecule has 0 heterocycles. The lowest BCUT2D eigenvalue weighted by Crippen LogP contribution is -2.30. The second kappa shape index (κ2) is 74.0. The van der Waals surface area contributed by atoms with E-state index in [-0.39, 0.29) is 25.7 Å². The first-order valence-electron chi connectivity index (χ1n) is 42.3. The SMILES string of the molecule is CCCCCC/C=C\C=C/CCCCCCCC(=O)O[C@H](COC(=O)CCCCCCCCC(C)CC)COP(=O)(O)OC[C@H](O)COP(=O)(O)OC[C@@H](COC(=O)CCCCCCCCCCCCCCCCCC(C)C)OC(=O)CCCCCCCCCCCCCCCCCCCCC. The zero-order chi connectivity index (χ0) is 74.9.